The Morgan fingerprint density at radius 2 is 2.28 bits per heavy atom. The molecule has 6 heteroatoms. The first-order valence-electron chi connectivity index (χ1n) is 5.75. The zero-order valence-electron chi connectivity index (χ0n) is 10.8. The van der Waals surface area contributed by atoms with Gasteiger partial charge in [-0.1, -0.05) is 11.3 Å². The van der Waals surface area contributed by atoms with Gasteiger partial charge in [0.25, 0.3) is 5.91 Å². The molecule has 0 spiro atoms. The summed E-state index contributed by atoms with van der Waals surface area (Å²) in [5.41, 5.74) is 5.72. The van der Waals surface area contributed by atoms with E-state index in [-0.39, 0.29) is 17.8 Å². The first kappa shape index (κ1) is 14.3. The van der Waals surface area contributed by atoms with Crippen molar-refractivity contribution in [1.29, 1.82) is 0 Å². The molecule has 18 heavy (non-hydrogen) atoms. The molecule has 1 aromatic rings. The molecule has 1 heterocycles. The topological polar surface area (TPSA) is 80.0 Å². The van der Waals surface area contributed by atoms with Crippen LogP contribution in [0.3, 0.4) is 0 Å². The van der Waals surface area contributed by atoms with Crippen molar-refractivity contribution in [1.82, 2.24) is 10.3 Å². The van der Waals surface area contributed by atoms with E-state index in [2.05, 4.69) is 27.5 Å². The molecule has 98 valence electrons. The van der Waals surface area contributed by atoms with Crippen molar-refractivity contribution in [3.05, 3.63) is 4.88 Å². The van der Waals surface area contributed by atoms with Crippen LogP contribution in [-0.2, 0) is 0 Å². The molecule has 0 radical (unpaired) electrons. The number of carbonyl (C=O) groups excluding carboxylic acids is 1. The normalized spacial score (nSPS) is 9.78. The minimum Gasteiger partial charge on any atom is -0.382 e. The van der Waals surface area contributed by atoms with Gasteiger partial charge < -0.3 is 16.4 Å². The second-order valence-electron chi connectivity index (χ2n) is 3.97. The Bertz CT molecular complexity index is 470. The Morgan fingerprint density at radius 1 is 1.56 bits per heavy atom. The molecule has 1 aromatic heterocycles. The van der Waals surface area contributed by atoms with Crippen LogP contribution >= 0.6 is 11.3 Å². The summed E-state index contributed by atoms with van der Waals surface area (Å²) < 4.78 is 0. The SMILES string of the molecule is CC#CCCNC(=O)c1sc(NC(C)C)nc1N. The molecule has 0 atom stereocenters. The monoisotopic (exact) mass is 266 g/mol. The molecular weight excluding hydrogens is 248 g/mol. The minimum atomic E-state index is -0.195. The first-order valence-corrected chi connectivity index (χ1v) is 6.57. The quantitative estimate of drug-likeness (QED) is 0.559. The highest BCUT2D eigenvalue weighted by Gasteiger charge is 2.15. The van der Waals surface area contributed by atoms with Crippen molar-refractivity contribution in [3.63, 3.8) is 0 Å². The fourth-order valence-electron chi connectivity index (χ4n) is 1.25. The number of nitrogens with zero attached hydrogens (tertiary/aromatic N) is 1. The summed E-state index contributed by atoms with van der Waals surface area (Å²) in [6.45, 7) is 6.29. The summed E-state index contributed by atoms with van der Waals surface area (Å²) in [5, 5.41) is 6.55. The Morgan fingerprint density at radius 3 is 2.89 bits per heavy atom. The van der Waals surface area contributed by atoms with Crippen molar-refractivity contribution in [2.75, 3.05) is 17.6 Å². The van der Waals surface area contributed by atoms with Crippen LogP contribution in [0.4, 0.5) is 10.9 Å². The highest BCUT2D eigenvalue weighted by atomic mass is 32.1. The Kier molecular flexibility index (Phi) is 5.46. The number of thiazole rings is 1. The standard InChI is InChI=1S/C12H18N4OS/c1-4-5-6-7-14-11(17)9-10(13)16-12(18-9)15-8(2)3/h8H,6-7,13H2,1-3H3,(H,14,17)(H,15,16). The molecule has 0 aliphatic rings. The summed E-state index contributed by atoms with van der Waals surface area (Å²) >= 11 is 1.26. The molecule has 1 rings (SSSR count). The van der Waals surface area contributed by atoms with Gasteiger partial charge in [0.15, 0.2) is 5.13 Å². The number of hydrogen-bond donors (Lipinski definition) is 3. The van der Waals surface area contributed by atoms with Crippen molar-refractivity contribution >= 4 is 28.2 Å². The molecule has 0 unspecified atom stereocenters. The summed E-state index contributed by atoms with van der Waals surface area (Å²) in [6, 6.07) is 0.256. The lowest BCUT2D eigenvalue weighted by molar-refractivity contribution is 0.0959. The number of nitrogens with one attached hydrogen (secondary N) is 2. The number of carbonyl (C=O) groups is 1. The van der Waals surface area contributed by atoms with E-state index < -0.39 is 0 Å². The number of nitrogen functional groups attached to an aromatic ring is 1. The van der Waals surface area contributed by atoms with E-state index in [1.54, 1.807) is 6.92 Å². The van der Waals surface area contributed by atoms with E-state index >= 15 is 0 Å². The van der Waals surface area contributed by atoms with Gasteiger partial charge in [0.05, 0.1) is 0 Å². The fraction of sp³-hybridized carbons (Fsp3) is 0.500. The Balaban J connectivity index is 2.61. The number of hydrogen-bond acceptors (Lipinski definition) is 5. The van der Waals surface area contributed by atoms with Crippen LogP contribution in [0.5, 0.6) is 0 Å². The second kappa shape index (κ2) is 6.87. The molecule has 0 aliphatic carbocycles. The van der Waals surface area contributed by atoms with E-state index in [9.17, 15) is 4.79 Å². The Labute approximate surface area is 111 Å². The number of nitrogens with two attached hydrogens (primary N) is 1. The maximum atomic E-state index is 11.8. The fourth-order valence-corrected chi connectivity index (χ4v) is 2.19. The molecule has 0 aromatic carbocycles. The summed E-state index contributed by atoms with van der Waals surface area (Å²) in [4.78, 5) is 16.4. The predicted octanol–water partition coefficient (Wildman–Crippen LogP) is 1.69. The third kappa shape index (κ3) is 4.26. The van der Waals surface area contributed by atoms with Gasteiger partial charge in [-0.2, -0.15) is 0 Å². The number of aromatic nitrogens is 1. The van der Waals surface area contributed by atoms with Gasteiger partial charge in [-0.3, -0.25) is 4.79 Å². The average molecular weight is 266 g/mol. The van der Waals surface area contributed by atoms with Crippen LogP contribution in [-0.4, -0.2) is 23.5 Å². The first-order chi connectivity index (χ1) is 8.54. The van der Waals surface area contributed by atoms with Gasteiger partial charge in [-0.25, -0.2) is 4.98 Å². The van der Waals surface area contributed by atoms with E-state index in [1.807, 2.05) is 13.8 Å². The molecule has 0 fully saturated rings. The Hall–Kier alpha value is -1.74. The van der Waals surface area contributed by atoms with E-state index in [0.717, 1.165) is 0 Å². The lowest BCUT2D eigenvalue weighted by Gasteiger charge is -2.04. The number of anilines is 2. The van der Waals surface area contributed by atoms with Gasteiger partial charge >= 0.3 is 0 Å². The predicted molar refractivity (Wildman–Crippen MR) is 75.7 cm³/mol. The largest absolute Gasteiger partial charge is 0.382 e. The summed E-state index contributed by atoms with van der Waals surface area (Å²) in [5.74, 6) is 5.72. The third-order valence-electron chi connectivity index (χ3n) is 1.98. The second-order valence-corrected chi connectivity index (χ2v) is 4.96. The molecule has 1 amide bonds. The number of amides is 1. The molecule has 0 bridgehead atoms. The molecular formula is C12H18N4OS. The maximum absolute atomic E-state index is 11.8. The lowest BCUT2D eigenvalue weighted by atomic mass is 10.4. The van der Waals surface area contributed by atoms with Gasteiger partial charge in [-0.15, -0.1) is 11.8 Å². The average Bonchev–Trinajstić information content (AvgIpc) is 2.64. The van der Waals surface area contributed by atoms with Crippen molar-refractivity contribution in [3.8, 4) is 11.8 Å². The van der Waals surface area contributed by atoms with Crippen LogP contribution in [0.2, 0.25) is 0 Å². The highest BCUT2D eigenvalue weighted by Crippen LogP contribution is 2.25. The molecule has 4 N–H and O–H groups in total. The van der Waals surface area contributed by atoms with Gasteiger partial charge in [0.2, 0.25) is 0 Å². The maximum Gasteiger partial charge on any atom is 0.265 e. The van der Waals surface area contributed by atoms with Crippen molar-refractivity contribution < 1.29 is 4.79 Å². The van der Waals surface area contributed by atoms with E-state index in [0.29, 0.717) is 23.0 Å². The van der Waals surface area contributed by atoms with Crippen LogP contribution in [0, 0.1) is 11.8 Å². The molecule has 0 saturated heterocycles. The van der Waals surface area contributed by atoms with Gasteiger partial charge in [0, 0.05) is 19.0 Å². The van der Waals surface area contributed by atoms with E-state index in [4.69, 9.17) is 5.73 Å². The molecule has 0 saturated carbocycles. The highest BCUT2D eigenvalue weighted by molar-refractivity contribution is 7.18. The zero-order valence-corrected chi connectivity index (χ0v) is 11.6. The summed E-state index contributed by atoms with van der Waals surface area (Å²) in [7, 11) is 0. The zero-order chi connectivity index (χ0) is 13.5. The van der Waals surface area contributed by atoms with Crippen molar-refractivity contribution in [2.45, 2.75) is 33.2 Å². The van der Waals surface area contributed by atoms with E-state index in [1.165, 1.54) is 11.3 Å². The molecule has 5 nitrogen and oxygen atoms in total. The van der Waals surface area contributed by atoms with Crippen LogP contribution in [0.25, 0.3) is 0 Å². The minimum absolute atomic E-state index is 0.195. The van der Waals surface area contributed by atoms with Crippen LogP contribution in [0.1, 0.15) is 36.9 Å². The van der Waals surface area contributed by atoms with Gasteiger partial charge in [0.1, 0.15) is 10.7 Å². The van der Waals surface area contributed by atoms with Crippen molar-refractivity contribution in [2.24, 2.45) is 0 Å². The third-order valence-corrected chi connectivity index (χ3v) is 2.99. The van der Waals surface area contributed by atoms with Crippen LogP contribution < -0.4 is 16.4 Å². The molecule has 0 aliphatic heterocycles. The smallest absolute Gasteiger partial charge is 0.265 e. The van der Waals surface area contributed by atoms with Gasteiger partial charge in [-0.05, 0) is 20.8 Å². The number of rotatable bonds is 5. The lowest BCUT2D eigenvalue weighted by Crippen LogP contribution is -2.24. The van der Waals surface area contributed by atoms with Crippen LogP contribution in [0.15, 0.2) is 0 Å². The summed E-state index contributed by atoms with van der Waals surface area (Å²) in [6.07, 6.45) is 0.637.